The summed E-state index contributed by atoms with van der Waals surface area (Å²) in [7, 11) is 0. The molecule has 0 aliphatic heterocycles. The van der Waals surface area contributed by atoms with Crippen LogP contribution < -0.4 is 0 Å². The standard InChI is InChI=1S/C13H13BrF2O2/c14-9-5-6-10(15)11(12(9)16)7-3-1-2-4-8(7)13(17)18/h5-8H,1-4H2,(H,17,18). The van der Waals surface area contributed by atoms with Crippen LogP contribution in [0.4, 0.5) is 8.78 Å². The topological polar surface area (TPSA) is 37.3 Å². The van der Waals surface area contributed by atoms with Gasteiger partial charge in [-0.2, -0.15) is 0 Å². The fourth-order valence-corrected chi connectivity index (χ4v) is 3.00. The molecule has 0 spiro atoms. The van der Waals surface area contributed by atoms with Gasteiger partial charge in [0.1, 0.15) is 11.6 Å². The predicted octanol–water partition coefficient (Wildman–Crippen LogP) is 4.09. The summed E-state index contributed by atoms with van der Waals surface area (Å²) in [5, 5.41) is 9.16. The van der Waals surface area contributed by atoms with Crippen LogP contribution in [0, 0.1) is 17.6 Å². The molecule has 1 saturated carbocycles. The highest BCUT2D eigenvalue weighted by Crippen LogP contribution is 2.41. The molecule has 98 valence electrons. The van der Waals surface area contributed by atoms with Crippen molar-refractivity contribution in [2.24, 2.45) is 5.92 Å². The van der Waals surface area contributed by atoms with Gasteiger partial charge in [0, 0.05) is 11.5 Å². The zero-order valence-corrected chi connectivity index (χ0v) is 11.2. The molecular weight excluding hydrogens is 306 g/mol. The minimum absolute atomic E-state index is 0.0866. The van der Waals surface area contributed by atoms with Gasteiger partial charge in [-0.25, -0.2) is 8.78 Å². The highest BCUT2D eigenvalue weighted by molar-refractivity contribution is 9.10. The Labute approximate surface area is 112 Å². The van der Waals surface area contributed by atoms with E-state index in [9.17, 15) is 13.6 Å². The fraction of sp³-hybridized carbons (Fsp3) is 0.462. The van der Waals surface area contributed by atoms with Crippen molar-refractivity contribution in [3.8, 4) is 0 Å². The van der Waals surface area contributed by atoms with E-state index in [1.165, 1.54) is 12.1 Å². The largest absolute Gasteiger partial charge is 0.481 e. The molecule has 1 fully saturated rings. The molecule has 0 heterocycles. The number of carboxylic acid groups (broad SMARTS) is 1. The van der Waals surface area contributed by atoms with Crippen LogP contribution in [0.15, 0.2) is 16.6 Å². The quantitative estimate of drug-likeness (QED) is 0.834. The Hall–Kier alpha value is -0.970. The molecule has 1 aliphatic carbocycles. The molecule has 18 heavy (non-hydrogen) atoms. The van der Waals surface area contributed by atoms with Crippen molar-refractivity contribution in [1.82, 2.24) is 0 Å². The lowest BCUT2D eigenvalue weighted by molar-refractivity contribution is -0.143. The molecule has 5 heteroatoms. The van der Waals surface area contributed by atoms with Crippen LogP contribution in [-0.2, 0) is 4.79 Å². The number of aliphatic carboxylic acids is 1. The Morgan fingerprint density at radius 3 is 2.61 bits per heavy atom. The zero-order valence-electron chi connectivity index (χ0n) is 9.63. The van der Waals surface area contributed by atoms with Gasteiger partial charge in [0.2, 0.25) is 0 Å². The summed E-state index contributed by atoms with van der Waals surface area (Å²) in [6.45, 7) is 0. The van der Waals surface area contributed by atoms with Crippen molar-refractivity contribution in [2.75, 3.05) is 0 Å². The molecule has 2 rings (SSSR count). The summed E-state index contributed by atoms with van der Waals surface area (Å²) in [5.74, 6) is -3.58. The van der Waals surface area contributed by atoms with Gasteiger partial charge in [-0.15, -0.1) is 0 Å². The average Bonchev–Trinajstić information content (AvgIpc) is 2.35. The van der Waals surface area contributed by atoms with E-state index in [2.05, 4.69) is 15.9 Å². The van der Waals surface area contributed by atoms with Crippen LogP contribution in [-0.4, -0.2) is 11.1 Å². The average molecular weight is 319 g/mol. The Kier molecular flexibility index (Phi) is 4.00. The van der Waals surface area contributed by atoms with Gasteiger partial charge in [0.05, 0.1) is 10.4 Å². The van der Waals surface area contributed by atoms with E-state index in [0.29, 0.717) is 12.8 Å². The van der Waals surface area contributed by atoms with Crippen molar-refractivity contribution in [3.05, 3.63) is 33.8 Å². The van der Waals surface area contributed by atoms with Gasteiger partial charge >= 0.3 is 5.97 Å². The monoisotopic (exact) mass is 318 g/mol. The van der Waals surface area contributed by atoms with E-state index >= 15 is 0 Å². The lowest BCUT2D eigenvalue weighted by Crippen LogP contribution is -2.27. The normalized spacial score (nSPS) is 23.9. The summed E-state index contributed by atoms with van der Waals surface area (Å²) in [5.41, 5.74) is -0.0866. The Morgan fingerprint density at radius 2 is 1.94 bits per heavy atom. The predicted molar refractivity (Wildman–Crippen MR) is 66.4 cm³/mol. The minimum Gasteiger partial charge on any atom is -0.481 e. The number of hydrogen-bond acceptors (Lipinski definition) is 1. The van der Waals surface area contributed by atoms with Gasteiger partial charge in [-0.1, -0.05) is 12.8 Å². The van der Waals surface area contributed by atoms with E-state index in [4.69, 9.17) is 5.11 Å². The van der Waals surface area contributed by atoms with E-state index < -0.39 is 29.4 Å². The first-order valence-electron chi connectivity index (χ1n) is 5.88. The molecule has 0 aromatic heterocycles. The van der Waals surface area contributed by atoms with Crippen molar-refractivity contribution in [2.45, 2.75) is 31.6 Å². The summed E-state index contributed by atoms with van der Waals surface area (Å²) in [6, 6.07) is 2.47. The summed E-state index contributed by atoms with van der Waals surface area (Å²) in [4.78, 5) is 11.2. The van der Waals surface area contributed by atoms with Gasteiger partial charge in [-0.3, -0.25) is 4.79 Å². The first kappa shape index (κ1) is 13.5. The molecule has 1 aromatic carbocycles. The molecule has 2 unspecified atom stereocenters. The van der Waals surface area contributed by atoms with Crippen LogP contribution in [0.3, 0.4) is 0 Å². The molecule has 1 aromatic rings. The number of carboxylic acids is 1. The van der Waals surface area contributed by atoms with Crippen molar-refractivity contribution >= 4 is 21.9 Å². The molecule has 0 radical (unpaired) electrons. The summed E-state index contributed by atoms with van der Waals surface area (Å²) in [6.07, 6.45) is 2.59. The summed E-state index contributed by atoms with van der Waals surface area (Å²) >= 11 is 3.01. The second-order valence-electron chi connectivity index (χ2n) is 4.59. The maximum Gasteiger partial charge on any atom is 0.307 e. The molecule has 1 aliphatic rings. The highest BCUT2D eigenvalue weighted by Gasteiger charge is 2.35. The molecule has 0 amide bonds. The number of rotatable bonds is 2. The first-order valence-corrected chi connectivity index (χ1v) is 6.68. The first-order chi connectivity index (χ1) is 8.52. The molecule has 2 nitrogen and oxygen atoms in total. The SMILES string of the molecule is O=C(O)C1CCCCC1c1c(F)ccc(Br)c1F. The third-order valence-corrected chi connectivity index (χ3v) is 4.15. The Balaban J connectivity index is 2.46. The van der Waals surface area contributed by atoms with Crippen LogP contribution in [0.5, 0.6) is 0 Å². The Bertz CT molecular complexity index is 476. The second-order valence-corrected chi connectivity index (χ2v) is 5.45. The number of benzene rings is 1. The molecule has 0 bridgehead atoms. The van der Waals surface area contributed by atoms with E-state index in [-0.39, 0.29) is 10.0 Å². The molecule has 1 N–H and O–H groups in total. The van der Waals surface area contributed by atoms with Crippen molar-refractivity contribution < 1.29 is 18.7 Å². The maximum atomic E-state index is 14.0. The molecule has 0 saturated heterocycles. The molecular formula is C13H13BrF2O2. The number of hydrogen-bond donors (Lipinski definition) is 1. The van der Waals surface area contributed by atoms with Crippen molar-refractivity contribution in [3.63, 3.8) is 0 Å². The van der Waals surface area contributed by atoms with Crippen LogP contribution in [0.25, 0.3) is 0 Å². The lowest BCUT2D eigenvalue weighted by atomic mass is 9.75. The van der Waals surface area contributed by atoms with Gasteiger partial charge in [0.25, 0.3) is 0 Å². The van der Waals surface area contributed by atoms with Gasteiger partial charge in [0.15, 0.2) is 0 Å². The smallest absolute Gasteiger partial charge is 0.307 e. The van der Waals surface area contributed by atoms with Crippen LogP contribution in [0.2, 0.25) is 0 Å². The van der Waals surface area contributed by atoms with Gasteiger partial charge < -0.3 is 5.11 Å². The second kappa shape index (κ2) is 5.34. The number of halogens is 3. The molecule has 2 atom stereocenters. The third kappa shape index (κ3) is 2.41. The zero-order chi connectivity index (χ0) is 13.3. The van der Waals surface area contributed by atoms with Gasteiger partial charge in [-0.05, 0) is 40.9 Å². The van der Waals surface area contributed by atoms with Crippen LogP contribution in [0.1, 0.15) is 37.2 Å². The van der Waals surface area contributed by atoms with E-state index in [1.54, 1.807) is 0 Å². The van der Waals surface area contributed by atoms with E-state index in [0.717, 1.165) is 12.8 Å². The Morgan fingerprint density at radius 1 is 1.28 bits per heavy atom. The minimum atomic E-state index is -0.974. The van der Waals surface area contributed by atoms with Crippen molar-refractivity contribution in [1.29, 1.82) is 0 Å². The highest BCUT2D eigenvalue weighted by atomic mass is 79.9. The summed E-state index contributed by atoms with van der Waals surface area (Å²) < 4.78 is 28.0. The third-order valence-electron chi connectivity index (χ3n) is 3.53. The fourth-order valence-electron chi connectivity index (χ4n) is 2.65. The number of carbonyl (C=O) groups is 1. The maximum absolute atomic E-state index is 14.0. The van der Waals surface area contributed by atoms with E-state index in [1.807, 2.05) is 0 Å². The van der Waals surface area contributed by atoms with Crippen LogP contribution >= 0.6 is 15.9 Å². The lowest BCUT2D eigenvalue weighted by Gasteiger charge is -2.29.